The van der Waals surface area contributed by atoms with Crippen LogP contribution in [0, 0.1) is 0 Å². The first-order valence-electron chi connectivity index (χ1n) is 7.80. The van der Waals surface area contributed by atoms with Crippen LogP contribution in [0.5, 0.6) is 0 Å². The van der Waals surface area contributed by atoms with E-state index in [0.717, 1.165) is 29.2 Å². The maximum absolute atomic E-state index is 13.0. The van der Waals surface area contributed by atoms with Gasteiger partial charge in [0, 0.05) is 24.7 Å². The van der Waals surface area contributed by atoms with E-state index in [2.05, 4.69) is 12.1 Å². The highest BCUT2D eigenvalue weighted by Gasteiger charge is 2.27. The van der Waals surface area contributed by atoms with Gasteiger partial charge in [0.2, 0.25) is 0 Å². The van der Waals surface area contributed by atoms with Gasteiger partial charge in [0.25, 0.3) is 5.91 Å². The number of hydrogen-bond acceptors (Lipinski definition) is 2. The van der Waals surface area contributed by atoms with Crippen molar-refractivity contribution in [3.8, 4) is 0 Å². The van der Waals surface area contributed by atoms with Gasteiger partial charge in [-0.15, -0.1) is 0 Å². The minimum Gasteiger partial charge on any atom is -0.334 e. The summed E-state index contributed by atoms with van der Waals surface area (Å²) in [7, 11) is 0. The van der Waals surface area contributed by atoms with Gasteiger partial charge in [-0.1, -0.05) is 49.2 Å². The predicted octanol–water partition coefficient (Wildman–Crippen LogP) is 3.18. The van der Waals surface area contributed by atoms with E-state index in [9.17, 15) is 4.79 Å². The Hall–Kier alpha value is -1.87. The van der Waals surface area contributed by atoms with Gasteiger partial charge in [-0.3, -0.25) is 4.79 Å². The third kappa shape index (κ3) is 2.79. The number of amides is 1. The van der Waals surface area contributed by atoms with Crippen molar-refractivity contribution in [2.24, 2.45) is 5.73 Å². The highest BCUT2D eigenvalue weighted by atomic mass is 16.2. The molecule has 0 radical (unpaired) electrons. The predicted molar refractivity (Wildman–Crippen MR) is 86.3 cm³/mol. The molecule has 0 unspecified atom stereocenters. The Morgan fingerprint density at radius 1 is 1.10 bits per heavy atom. The Bertz CT molecular complexity index is 627. The average Bonchev–Trinajstić information content (AvgIpc) is 3.05. The molecule has 2 aromatic carbocycles. The van der Waals surface area contributed by atoms with Gasteiger partial charge in [-0.2, -0.15) is 0 Å². The first-order valence-corrected chi connectivity index (χ1v) is 7.80. The van der Waals surface area contributed by atoms with Gasteiger partial charge in [-0.05, 0) is 29.7 Å². The summed E-state index contributed by atoms with van der Waals surface area (Å²) < 4.78 is 0. The van der Waals surface area contributed by atoms with E-state index in [0.29, 0.717) is 19.1 Å². The lowest BCUT2D eigenvalue weighted by atomic mass is 10.0. The molecular weight excluding hydrogens is 260 g/mol. The number of rotatable bonds is 4. The molecule has 3 nitrogen and oxygen atoms in total. The molecule has 0 saturated heterocycles. The van der Waals surface area contributed by atoms with Crippen molar-refractivity contribution in [3.05, 3.63) is 48.0 Å². The zero-order valence-corrected chi connectivity index (χ0v) is 12.3. The van der Waals surface area contributed by atoms with Gasteiger partial charge in [0.05, 0.1) is 0 Å². The molecule has 1 aliphatic carbocycles. The highest BCUT2D eigenvalue weighted by Crippen LogP contribution is 2.26. The number of carbonyl (C=O) groups excluding carboxylic acids is 1. The van der Waals surface area contributed by atoms with Crippen molar-refractivity contribution >= 4 is 16.7 Å². The highest BCUT2D eigenvalue weighted by molar-refractivity contribution is 6.07. The number of fused-ring (bicyclic) bond motifs is 1. The molecule has 0 heterocycles. The summed E-state index contributed by atoms with van der Waals surface area (Å²) in [6.07, 6.45) is 4.65. The van der Waals surface area contributed by atoms with Gasteiger partial charge in [0.15, 0.2) is 0 Å². The Labute approximate surface area is 125 Å². The van der Waals surface area contributed by atoms with Crippen LogP contribution in [0.15, 0.2) is 42.5 Å². The standard InChI is InChI=1S/C18H22N2O/c19-12-13-20(15-8-2-3-9-15)18(21)17-11-5-7-14-6-1-4-10-16(14)17/h1,4-7,10-11,15H,2-3,8-9,12-13,19H2. The smallest absolute Gasteiger partial charge is 0.254 e. The molecule has 2 N–H and O–H groups in total. The molecule has 110 valence electrons. The number of hydrogen-bond donors (Lipinski definition) is 1. The van der Waals surface area contributed by atoms with Crippen LogP contribution in [-0.4, -0.2) is 29.9 Å². The summed E-state index contributed by atoms with van der Waals surface area (Å²) in [5.41, 5.74) is 6.53. The van der Waals surface area contributed by atoms with Gasteiger partial charge in [-0.25, -0.2) is 0 Å². The Morgan fingerprint density at radius 3 is 2.57 bits per heavy atom. The lowest BCUT2D eigenvalue weighted by Crippen LogP contribution is -2.42. The van der Waals surface area contributed by atoms with Crippen molar-refractivity contribution in [2.45, 2.75) is 31.7 Å². The van der Waals surface area contributed by atoms with E-state index in [4.69, 9.17) is 5.73 Å². The first kappa shape index (κ1) is 14.1. The summed E-state index contributed by atoms with van der Waals surface area (Å²) >= 11 is 0. The third-order valence-electron chi connectivity index (χ3n) is 4.42. The van der Waals surface area contributed by atoms with Crippen LogP contribution in [-0.2, 0) is 0 Å². The van der Waals surface area contributed by atoms with Crippen LogP contribution in [0.1, 0.15) is 36.0 Å². The monoisotopic (exact) mass is 282 g/mol. The second-order valence-corrected chi connectivity index (χ2v) is 5.75. The zero-order chi connectivity index (χ0) is 14.7. The van der Waals surface area contributed by atoms with Crippen molar-refractivity contribution in [3.63, 3.8) is 0 Å². The molecule has 1 aliphatic rings. The van der Waals surface area contributed by atoms with Crippen molar-refractivity contribution in [1.82, 2.24) is 4.90 Å². The molecule has 0 spiro atoms. The number of benzene rings is 2. The van der Waals surface area contributed by atoms with Crippen LogP contribution in [0.4, 0.5) is 0 Å². The molecule has 1 saturated carbocycles. The van der Waals surface area contributed by atoms with Crippen molar-refractivity contribution < 1.29 is 4.79 Å². The molecule has 1 fully saturated rings. The third-order valence-corrected chi connectivity index (χ3v) is 4.42. The fourth-order valence-electron chi connectivity index (χ4n) is 3.37. The van der Waals surface area contributed by atoms with Crippen LogP contribution in [0.25, 0.3) is 10.8 Å². The van der Waals surface area contributed by atoms with Crippen molar-refractivity contribution in [1.29, 1.82) is 0 Å². The molecule has 0 atom stereocenters. The first-order chi connectivity index (χ1) is 10.3. The minimum absolute atomic E-state index is 0.129. The van der Waals surface area contributed by atoms with Crippen LogP contribution in [0.2, 0.25) is 0 Å². The quantitative estimate of drug-likeness (QED) is 0.936. The Morgan fingerprint density at radius 2 is 1.81 bits per heavy atom. The van der Waals surface area contributed by atoms with Crippen LogP contribution in [0.3, 0.4) is 0 Å². The number of nitrogens with two attached hydrogens (primary N) is 1. The summed E-state index contributed by atoms with van der Waals surface area (Å²) in [5, 5.41) is 2.15. The maximum atomic E-state index is 13.0. The molecule has 3 rings (SSSR count). The largest absolute Gasteiger partial charge is 0.334 e. The number of carbonyl (C=O) groups is 1. The Kier molecular flexibility index (Phi) is 4.20. The lowest BCUT2D eigenvalue weighted by molar-refractivity contribution is 0.0690. The normalized spacial score (nSPS) is 15.5. The van der Waals surface area contributed by atoms with E-state index in [1.807, 2.05) is 35.2 Å². The average molecular weight is 282 g/mol. The van der Waals surface area contributed by atoms with E-state index in [1.54, 1.807) is 0 Å². The molecule has 1 amide bonds. The van der Waals surface area contributed by atoms with E-state index in [-0.39, 0.29) is 5.91 Å². The SMILES string of the molecule is NCCN(C(=O)c1cccc2ccccc12)C1CCCC1. The molecule has 3 heteroatoms. The van der Waals surface area contributed by atoms with Gasteiger partial charge in [0.1, 0.15) is 0 Å². The van der Waals surface area contributed by atoms with Crippen LogP contribution >= 0.6 is 0 Å². The summed E-state index contributed by atoms with van der Waals surface area (Å²) in [5.74, 6) is 0.129. The van der Waals surface area contributed by atoms with E-state index in [1.165, 1.54) is 12.8 Å². The number of nitrogens with zero attached hydrogens (tertiary/aromatic N) is 1. The van der Waals surface area contributed by atoms with E-state index < -0.39 is 0 Å². The molecule has 0 aliphatic heterocycles. The second-order valence-electron chi connectivity index (χ2n) is 5.75. The molecular formula is C18H22N2O. The summed E-state index contributed by atoms with van der Waals surface area (Å²) in [6.45, 7) is 1.17. The Balaban J connectivity index is 1.97. The second kappa shape index (κ2) is 6.27. The molecule has 0 aromatic heterocycles. The van der Waals surface area contributed by atoms with E-state index >= 15 is 0 Å². The zero-order valence-electron chi connectivity index (χ0n) is 12.3. The van der Waals surface area contributed by atoms with Crippen LogP contribution < -0.4 is 5.73 Å². The topological polar surface area (TPSA) is 46.3 Å². The fraction of sp³-hybridized carbons (Fsp3) is 0.389. The minimum atomic E-state index is 0.129. The molecule has 2 aromatic rings. The van der Waals surface area contributed by atoms with Gasteiger partial charge >= 0.3 is 0 Å². The summed E-state index contributed by atoms with van der Waals surface area (Å²) in [4.78, 5) is 15.0. The molecule has 0 bridgehead atoms. The molecule has 21 heavy (non-hydrogen) atoms. The lowest BCUT2D eigenvalue weighted by Gasteiger charge is -2.29. The van der Waals surface area contributed by atoms with Gasteiger partial charge < -0.3 is 10.6 Å². The fourth-order valence-corrected chi connectivity index (χ4v) is 3.37. The summed E-state index contributed by atoms with van der Waals surface area (Å²) in [6, 6.07) is 14.4. The maximum Gasteiger partial charge on any atom is 0.254 e. The van der Waals surface area contributed by atoms with Crippen molar-refractivity contribution in [2.75, 3.05) is 13.1 Å².